The minimum Gasteiger partial charge on any atom is -0.362 e. The average molecular weight is 249 g/mol. The van der Waals surface area contributed by atoms with Crippen molar-refractivity contribution in [1.82, 2.24) is 4.98 Å². The van der Waals surface area contributed by atoms with Gasteiger partial charge in [-0.05, 0) is 44.7 Å². The van der Waals surface area contributed by atoms with Crippen LogP contribution in [0.3, 0.4) is 0 Å². The predicted octanol–water partition coefficient (Wildman–Crippen LogP) is 5.62. The molecule has 1 aromatic heterocycles. The molecule has 0 fully saturated rings. The molecule has 1 nitrogen and oxygen atoms in total. The molecule has 1 heterocycles. The van der Waals surface area contributed by atoms with E-state index in [1.54, 1.807) is 0 Å². The zero-order valence-corrected chi connectivity index (χ0v) is 12.9. The second-order valence-corrected chi connectivity index (χ2v) is 5.70. The quantitative estimate of drug-likeness (QED) is 0.546. The number of hydrogen-bond acceptors (Lipinski definition) is 0. The third kappa shape index (κ3) is 4.88. The number of H-pyrrole nitrogens is 1. The lowest BCUT2D eigenvalue weighted by atomic mass is 10.0. The summed E-state index contributed by atoms with van der Waals surface area (Å²) in [6.45, 7) is 8.93. The molecular formula is C17H31N. The van der Waals surface area contributed by atoms with Crippen molar-refractivity contribution >= 4 is 0 Å². The van der Waals surface area contributed by atoms with Gasteiger partial charge < -0.3 is 4.98 Å². The van der Waals surface area contributed by atoms with Gasteiger partial charge in [0.1, 0.15) is 0 Å². The molecule has 0 spiro atoms. The Hall–Kier alpha value is -0.720. The highest BCUT2D eigenvalue weighted by atomic mass is 14.7. The molecule has 18 heavy (non-hydrogen) atoms. The van der Waals surface area contributed by atoms with E-state index in [9.17, 15) is 0 Å². The highest BCUT2D eigenvalue weighted by Crippen LogP contribution is 2.19. The van der Waals surface area contributed by atoms with Crippen LogP contribution in [0.5, 0.6) is 0 Å². The molecule has 0 aliphatic rings. The monoisotopic (exact) mass is 249 g/mol. The van der Waals surface area contributed by atoms with Crippen LogP contribution < -0.4 is 0 Å². The lowest BCUT2D eigenvalue weighted by Crippen LogP contribution is -1.89. The van der Waals surface area contributed by atoms with Crippen molar-refractivity contribution in [2.75, 3.05) is 0 Å². The molecule has 0 aliphatic heterocycles. The average Bonchev–Trinajstić information content (AvgIpc) is 2.60. The Morgan fingerprint density at radius 1 is 0.722 bits per heavy atom. The SMILES string of the molecule is CCCCCCCCCCc1[nH]c(C)c(C)c1C. The largest absolute Gasteiger partial charge is 0.362 e. The minimum absolute atomic E-state index is 1.23. The molecular weight excluding hydrogens is 218 g/mol. The third-order valence-corrected chi connectivity index (χ3v) is 4.20. The van der Waals surface area contributed by atoms with Gasteiger partial charge in [0, 0.05) is 11.4 Å². The predicted molar refractivity (Wildman–Crippen MR) is 81.3 cm³/mol. The van der Waals surface area contributed by atoms with Crippen LogP contribution >= 0.6 is 0 Å². The molecule has 0 atom stereocenters. The molecule has 104 valence electrons. The van der Waals surface area contributed by atoms with E-state index in [2.05, 4.69) is 32.7 Å². The first-order valence-electron chi connectivity index (χ1n) is 7.81. The van der Waals surface area contributed by atoms with Gasteiger partial charge in [-0.1, -0.05) is 51.9 Å². The lowest BCUT2D eigenvalue weighted by Gasteiger charge is -2.02. The van der Waals surface area contributed by atoms with E-state index in [-0.39, 0.29) is 0 Å². The van der Waals surface area contributed by atoms with Crippen LogP contribution in [0.1, 0.15) is 80.8 Å². The summed E-state index contributed by atoms with van der Waals surface area (Å²) in [6, 6.07) is 0. The number of unbranched alkanes of at least 4 members (excludes halogenated alkanes) is 7. The minimum atomic E-state index is 1.23. The van der Waals surface area contributed by atoms with E-state index in [1.165, 1.54) is 80.3 Å². The van der Waals surface area contributed by atoms with Gasteiger partial charge >= 0.3 is 0 Å². The lowest BCUT2D eigenvalue weighted by molar-refractivity contribution is 0.574. The van der Waals surface area contributed by atoms with E-state index >= 15 is 0 Å². The summed E-state index contributed by atoms with van der Waals surface area (Å²) in [4.78, 5) is 3.53. The second kappa shape index (κ2) is 8.39. The molecule has 0 bridgehead atoms. The van der Waals surface area contributed by atoms with Crippen LogP contribution in [0.15, 0.2) is 0 Å². The Morgan fingerprint density at radius 3 is 1.78 bits per heavy atom. The Morgan fingerprint density at radius 2 is 1.28 bits per heavy atom. The van der Waals surface area contributed by atoms with Crippen LogP contribution in [0.25, 0.3) is 0 Å². The van der Waals surface area contributed by atoms with Crippen LogP contribution in [0.2, 0.25) is 0 Å². The molecule has 0 radical (unpaired) electrons. The maximum absolute atomic E-state index is 3.53. The van der Waals surface area contributed by atoms with Crippen molar-refractivity contribution in [2.24, 2.45) is 0 Å². The number of aromatic amines is 1. The third-order valence-electron chi connectivity index (χ3n) is 4.20. The van der Waals surface area contributed by atoms with Gasteiger partial charge in [-0.25, -0.2) is 0 Å². The molecule has 1 N–H and O–H groups in total. The van der Waals surface area contributed by atoms with Gasteiger partial charge in [0.15, 0.2) is 0 Å². The summed E-state index contributed by atoms with van der Waals surface area (Å²) in [7, 11) is 0. The van der Waals surface area contributed by atoms with Crippen molar-refractivity contribution in [2.45, 2.75) is 85.5 Å². The number of aryl methyl sites for hydroxylation is 2. The molecule has 0 aromatic carbocycles. The Bertz CT molecular complexity index is 336. The smallest absolute Gasteiger partial charge is 0.0181 e. The second-order valence-electron chi connectivity index (χ2n) is 5.70. The normalized spacial score (nSPS) is 11.1. The highest BCUT2D eigenvalue weighted by molar-refractivity contribution is 5.34. The number of rotatable bonds is 9. The van der Waals surface area contributed by atoms with Crippen molar-refractivity contribution in [3.05, 3.63) is 22.5 Å². The van der Waals surface area contributed by atoms with Crippen LogP contribution in [0.4, 0.5) is 0 Å². The Balaban J connectivity index is 2.09. The van der Waals surface area contributed by atoms with E-state index < -0.39 is 0 Å². The topological polar surface area (TPSA) is 15.8 Å². The molecule has 0 aliphatic carbocycles. The molecule has 1 heteroatoms. The van der Waals surface area contributed by atoms with E-state index in [1.807, 2.05) is 0 Å². The zero-order valence-electron chi connectivity index (χ0n) is 12.9. The summed E-state index contributed by atoms with van der Waals surface area (Å²) in [5, 5.41) is 0. The van der Waals surface area contributed by atoms with Crippen LogP contribution in [0, 0.1) is 20.8 Å². The van der Waals surface area contributed by atoms with Gasteiger partial charge in [-0.2, -0.15) is 0 Å². The van der Waals surface area contributed by atoms with E-state index in [0.29, 0.717) is 0 Å². The first-order chi connectivity index (χ1) is 8.66. The van der Waals surface area contributed by atoms with Gasteiger partial charge in [0.2, 0.25) is 0 Å². The summed E-state index contributed by atoms with van der Waals surface area (Å²) in [5.41, 5.74) is 5.75. The molecule has 1 rings (SSSR count). The van der Waals surface area contributed by atoms with E-state index in [4.69, 9.17) is 0 Å². The maximum atomic E-state index is 3.53. The van der Waals surface area contributed by atoms with Crippen molar-refractivity contribution in [1.29, 1.82) is 0 Å². The van der Waals surface area contributed by atoms with Gasteiger partial charge in [-0.3, -0.25) is 0 Å². The van der Waals surface area contributed by atoms with Crippen molar-refractivity contribution < 1.29 is 0 Å². The fourth-order valence-electron chi connectivity index (χ4n) is 2.61. The van der Waals surface area contributed by atoms with Gasteiger partial charge in [-0.15, -0.1) is 0 Å². The first-order valence-corrected chi connectivity index (χ1v) is 7.81. The van der Waals surface area contributed by atoms with E-state index in [0.717, 1.165) is 0 Å². The number of hydrogen-bond donors (Lipinski definition) is 1. The van der Waals surface area contributed by atoms with Crippen LogP contribution in [-0.4, -0.2) is 4.98 Å². The number of aromatic nitrogens is 1. The first kappa shape index (κ1) is 15.3. The molecule has 0 unspecified atom stereocenters. The van der Waals surface area contributed by atoms with Crippen molar-refractivity contribution in [3.63, 3.8) is 0 Å². The molecule has 0 amide bonds. The van der Waals surface area contributed by atoms with Gasteiger partial charge in [0.25, 0.3) is 0 Å². The van der Waals surface area contributed by atoms with Crippen molar-refractivity contribution in [3.8, 4) is 0 Å². The molecule has 0 saturated heterocycles. The summed E-state index contributed by atoms with van der Waals surface area (Å²) >= 11 is 0. The molecule has 0 saturated carbocycles. The summed E-state index contributed by atoms with van der Waals surface area (Å²) < 4.78 is 0. The fraction of sp³-hybridized carbons (Fsp3) is 0.765. The summed E-state index contributed by atoms with van der Waals surface area (Å²) in [5.74, 6) is 0. The Labute approximate surface area is 113 Å². The highest BCUT2D eigenvalue weighted by Gasteiger charge is 2.06. The van der Waals surface area contributed by atoms with Crippen LogP contribution in [-0.2, 0) is 6.42 Å². The zero-order chi connectivity index (χ0) is 13.4. The number of nitrogens with one attached hydrogen (secondary N) is 1. The summed E-state index contributed by atoms with van der Waals surface area (Å²) in [6.07, 6.45) is 12.5. The molecule has 1 aromatic rings. The maximum Gasteiger partial charge on any atom is 0.0181 e. The fourth-order valence-corrected chi connectivity index (χ4v) is 2.61. The standard InChI is InChI=1S/C17H31N/c1-5-6-7-8-9-10-11-12-13-17-15(3)14(2)16(4)18-17/h18H,5-13H2,1-4H3. The Kier molecular flexibility index (Phi) is 7.15. The van der Waals surface area contributed by atoms with Gasteiger partial charge in [0.05, 0.1) is 0 Å².